The molecule has 0 aromatic heterocycles. The average molecular weight is 220 g/mol. The van der Waals surface area contributed by atoms with Crippen LogP contribution in [-0.4, -0.2) is 11.9 Å². The second-order valence-electron chi connectivity index (χ2n) is 6.28. The summed E-state index contributed by atoms with van der Waals surface area (Å²) in [5, 5.41) is 0. The number of carbonyl (C=O) groups is 2. The first kappa shape index (κ1) is 9.20. The van der Waals surface area contributed by atoms with Crippen molar-refractivity contribution in [2.24, 2.45) is 29.1 Å². The molecule has 86 valence electrons. The van der Waals surface area contributed by atoms with Crippen LogP contribution in [0.5, 0.6) is 0 Å². The summed E-state index contributed by atoms with van der Waals surface area (Å²) in [5.74, 6) is 2.09. The lowest BCUT2D eigenvalue weighted by Crippen LogP contribution is -2.55. The molecule has 4 bridgehead atoms. The van der Waals surface area contributed by atoms with E-state index in [0.29, 0.717) is 18.3 Å². The molecule has 3 heteroatoms. The molecule has 5 fully saturated rings. The Balaban J connectivity index is 1.79. The fraction of sp³-hybridized carbons (Fsp3) is 0.846. The number of rotatable bonds is 0. The van der Waals surface area contributed by atoms with Crippen molar-refractivity contribution < 1.29 is 14.3 Å². The Morgan fingerprint density at radius 3 is 1.94 bits per heavy atom. The molecule has 4 saturated carbocycles. The zero-order valence-corrected chi connectivity index (χ0v) is 9.28. The van der Waals surface area contributed by atoms with E-state index in [1.54, 1.807) is 0 Å². The maximum atomic E-state index is 12.1. The van der Waals surface area contributed by atoms with Gasteiger partial charge in [0.05, 0.1) is 11.8 Å². The molecule has 0 aromatic carbocycles. The van der Waals surface area contributed by atoms with Crippen LogP contribution in [0, 0.1) is 29.1 Å². The van der Waals surface area contributed by atoms with Gasteiger partial charge in [0, 0.05) is 0 Å². The molecule has 0 unspecified atom stereocenters. The van der Waals surface area contributed by atoms with Gasteiger partial charge in [0.1, 0.15) is 0 Å². The fourth-order valence-electron chi connectivity index (χ4n) is 5.19. The summed E-state index contributed by atoms with van der Waals surface area (Å²) in [5.41, 5.74) is -0.384. The van der Waals surface area contributed by atoms with Gasteiger partial charge < -0.3 is 4.74 Å². The smallest absolute Gasteiger partial charge is 0.320 e. The summed E-state index contributed by atoms with van der Waals surface area (Å²) in [6.07, 6.45) is 6.39. The second kappa shape index (κ2) is 2.69. The third kappa shape index (κ3) is 0.910. The maximum absolute atomic E-state index is 12.1. The van der Waals surface area contributed by atoms with E-state index in [1.807, 2.05) is 0 Å². The summed E-state index contributed by atoms with van der Waals surface area (Å²) in [4.78, 5) is 23.5. The molecule has 5 aliphatic rings. The molecule has 0 aromatic rings. The lowest BCUT2D eigenvalue weighted by atomic mass is 9.45. The molecule has 1 heterocycles. The van der Waals surface area contributed by atoms with Gasteiger partial charge in [-0.3, -0.25) is 9.59 Å². The number of ether oxygens (including phenoxy) is 1. The number of cyclic esters (lactones) is 2. The van der Waals surface area contributed by atoms with Crippen LogP contribution in [-0.2, 0) is 14.3 Å². The van der Waals surface area contributed by atoms with Crippen LogP contribution in [0.15, 0.2) is 0 Å². The molecule has 1 aliphatic heterocycles. The van der Waals surface area contributed by atoms with E-state index in [0.717, 1.165) is 37.5 Å². The molecule has 5 rings (SSSR count). The van der Waals surface area contributed by atoms with Crippen molar-refractivity contribution in [3.63, 3.8) is 0 Å². The van der Waals surface area contributed by atoms with E-state index in [4.69, 9.17) is 4.74 Å². The van der Waals surface area contributed by atoms with Gasteiger partial charge in [-0.1, -0.05) is 0 Å². The SMILES string of the molecule is O=C1CC2(C(=O)O1)C1CC3CC(C1)CC2C3. The van der Waals surface area contributed by atoms with E-state index in [9.17, 15) is 9.59 Å². The zero-order chi connectivity index (χ0) is 10.9. The Morgan fingerprint density at radius 1 is 0.938 bits per heavy atom. The van der Waals surface area contributed by atoms with Crippen LogP contribution < -0.4 is 0 Å². The maximum Gasteiger partial charge on any atom is 0.320 e. The minimum Gasteiger partial charge on any atom is -0.393 e. The first-order chi connectivity index (χ1) is 7.68. The fourth-order valence-corrected chi connectivity index (χ4v) is 5.19. The lowest BCUT2D eigenvalue weighted by Gasteiger charge is -2.57. The van der Waals surface area contributed by atoms with Crippen molar-refractivity contribution in [3.8, 4) is 0 Å². The molecule has 16 heavy (non-hydrogen) atoms. The summed E-state index contributed by atoms with van der Waals surface area (Å²) < 4.78 is 4.86. The highest BCUT2D eigenvalue weighted by molar-refractivity contribution is 5.98. The molecule has 1 saturated heterocycles. The minimum absolute atomic E-state index is 0.189. The third-order valence-electron chi connectivity index (χ3n) is 5.62. The van der Waals surface area contributed by atoms with Gasteiger partial charge in [0.2, 0.25) is 0 Å². The Bertz CT molecular complexity index is 357. The van der Waals surface area contributed by atoms with Gasteiger partial charge in [-0.2, -0.15) is 0 Å². The second-order valence-corrected chi connectivity index (χ2v) is 6.28. The molecular formula is C13H16O3. The van der Waals surface area contributed by atoms with E-state index in [1.165, 1.54) is 6.42 Å². The molecule has 0 atom stereocenters. The first-order valence-corrected chi connectivity index (χ1v) is 6.43. The first-order valence-electron chi connectivity index (χ1n) is 6.43. The van der Waals surface area contributed by atoms with Crippen molar-refractivity contribution in [2.45, 2.75) is 38.5 Å². The van der Waals surface area contributed by atoms with E-state index in [2.05, 4.69) is 0 Å². The van der Waals surface area contributed by atoms with Crippen LogP contribution in [0.3, 0.4) is 0 Å². The Morgan fingerprint density at radius 2 is 1.50 bits per heavy atom. The van der Waals surface area contributed by atoms with E-state index in [-0.39, 0.29) is 17.4 Å². The Labute approximate surface area is 94.5 Å². The summed E-state index contributed by atoms with van der Waals surface area (Å²) in [6.45, 7) is 0. The largest absolute Gasteiger partial charge is 0.393 e. The van der Waals surface area contributed by atoms with Crippen molar-refractivity contribution in [3.05, 3.63) is 0 Å². The molecule has 0 amide bonds. The highest BCUT2D eigenvalue weighted by atomic mass is 16.6. The van der Waals surface area contributed by atoms with Gasteiger partial charge in [-0.25, -0.2) is 0 Å². The quantitative estimate of drug-likeness (QED) is 0.462. The highest BCUT2D eigenvalue weighted by Crippen LogP contribution is 2.65. The average Bonchev–Trinajstić information content (AvgIpc) is 2.50. The molecule has 0 radical (unpaired) electrons. The summed E-state index contributed by atoms with van der Waals surface area (Å²) in [7, 11) is 0. The summed E-state index contributed by atoms with van der Waals surface area (Å²) >= 11 is 0. The van der Waals surface area contributed by atoms with Gasteiger partial charge >= 0.3 is 11.9 Å². The Hall–Kier alpha value is -0.860. The molecule has 1 spiro atoms. The van der Waals surface area contributed by atoms with Crippen LogP contribution in [0.1, 0.15) is 38.5 Å². The molecule has 0 N–H and O–H groups in total. The van der Waals surface area contributed by atoms with Gasteiger partial charge in [0.15, 0.2) is 0 Å². The van der Waals surface area contributed by atoms with Gasteiger partial charge in [-0.05, 0) is 55.8 Å². The summed E-state index contributed by atoms with van der Waals surface area (Å²) in [6, 6.07) is 0. The predicted octanol–water partition coefficient (Wildman–Crippen LogP) is 1.90. The van der Waals surface area contributed by atoms with Crippen molar-refractivity contribution in [2.75, 3.05) is 0 Å². The molecule has 3 nitrogen and oxygen atoms in total. The van der Waals surface area contributed by atoms with Gasteiger partial charge in [0.25, 0.3) is 0 Å². The molecular weight excluding hydrogens is 204 g/mol. The van der Waals surface area contributed by atoms with Crippen LogP contribution in [0.2, 0.25) is 0 Å². The molecule has 4 aliphatic carbocycles. The Kier molecular flexibility index (Phi) is 1.55. The normalized spacial score (nSPS) is 53.8. The van der Waals surface area contributed by atoms with Crippen LogP contribution >= 0.6 is 0 Å². The van der Waals surface area contributed by atoms with Crippen molar-refractivity contribution in [1.29, 1.82) is 0 Å². The van der Waals surface area contributed by atoms with Crippen LogP contribution in [0.4, 0.5) is 0 Å². The monoisotopic (exact) mass is 220 g/mol. The number of carbonyl (C=O) groups excluding carboxylic acids is 2. The van der Waals surface area contributed by atoms with Crippen molar-refractivity contribution in [1.82, 2.24) is 0 Å². The minimum atomic E-state index is -0.384. The number of hydrogen-bond donors (Lipinski definition) is 0. The number of esters is 2. The number of hydrogen-bond acceptors (Lipinski definition) is 3. The zero-order valence-electron chi connectivity index (χ0n) is 9.28. The van der Waals surface area contributed by atoms with E-state index >= 15 is 0 Å². The standard InChI is InChI=1S/C13H16O3/c14-11-6-13(12(15)16-11)9-2-7-1-8(4-9)5-10(13)3-7/h7-10H,1-6H2. The highest BCUT2D eigenvalue weighted by Gasteiger charge is 2.65. The topological polar surface area (TPSA) is 43.4 Å². The van der Waals surface area contributed by atoms with Crippen molar-refractivity contribution >= 4 is 11.9 Å². The lowest BCUT2D eigenvalue weighted by molar-refractivity contribution is -0.169. The third-order valence-corrected chi connectivity index (χ3v) is 5.62. The van der Waals surface area contributed by atoms with E-state index < -0.39 is 0 Å². The van der Waals surface area contributed by atoms with Gasteiger partial charge in [-0.15, -0.1) is 0 Å². The van der Waals surface area contributed by atoms with Crippen LogP contribution in [0.25, 0.3) is 0 Å². The predicted molar refractivity (Wildman–Crippen MR) is 55.2 cm³/mol.